The van der Waals surface area contributed by atoms with E-state index in [2.05, 4.69) is 0 Å². The lowest BCUT2D eigenvalue weighted by atomic mass is 9.98. The summed E-state index contributed by atoms with van der Waals surface area (Å²) in [6.45, 7) is 0. The largest absolute Gasteiger partial charge is 0.388 e. The van der Waals surface area contributed by atoms with Crippen molar-refractivity contribution < 1.29 is 15.0 Å². The molecule has 0 aromatic heterocycles. The second kappa shape index (κ2) is 6.98. The monoisotopic (exact) mass is 270 g/mol. The van der Waals surface area contributed by atoms with Crippen LogP contribution in [0.25, 0.3) is 0 Å². The van der Waals surface area contributed by atoms with Gasteiger partial charge in [-0.05, 0) is 11.1 Å². The van der Waals surface area contributed by atoms with Crippen LogP contribution in [0.2, 0.25) is 0 Å². The van der Waals surface area contributed by atoms with Gasteiger partial charge >= 0.3 is 0 Å². The Morgan fingerprint density at radius 1 is 0.750 bits per heavy atom. The SMILES string of the molecule is O=C(C[C@@H](O)c1ccccc1)C[C@@H](O)c1ccccc1. The van der Waals surface area contributed by atoms with Crippen molar-refractivity contribution in [2.45, 2.75) is 25.0 Å². The fourth-order valence-corrected chi connectivity index (χ4v) is 2.10. The summed E-state index contributed by atoms with van der Waals surface area (Å²) in [5, 5.41) is 19.9. The standard InChI is InChI=1S/C17H18O3/c18-15(11-16(19)13-7-3-1-4-8-13)12-17(20)14-9-5-2-6-10-14/h1-10,16-17,19-20H,11-12H2/t16-,17-/m1/s1. The molecule has 0 amide bonds. The Balaban J connectivity index is 1.90. The van der Waals surface area contributed by atoms with Crippen LogP contribution in [0.1, 0.15) is 36.2 Å². The maximum absolute atomic E-state index is 11.9. The van der Waals surface area contributed by atoms with E-state index in [4.69, 9.17) is 0 Å². The summed E-state index contributed by atoms with van der Waals surface area (Å²) in [4.78, 5) is 11.9. The molecular weight excluding hydrogens is 252 g/mol. The summed E-state index contributed by atoms with van der Waals surface area (Å²) in [7, 11) is 0. The van der Waals surface area contributed by atoms with Crippen molar-refractivity contribution in [3.63, 3.8) is 0 Å². The van der Waals surface area contributed by atoms with Gasteiger partial charge in [-0.1, -0.05) is 60.7 Å². The third kappa shape index (κ3) is 4.02. The maximum Gasteiger partial charge on any atom is 0.138 e. The normalized spacial score (nSPS) is 13.7. The van der Waals surface area contributed by atoms with Crippen LogP contribution in [0.3, 0.4) is 0 Å². The van der Waals surface area contributed by atoms with Crippen molar-refractivity contribution >= 4 is 5.78 Å². The van der Waals surface area contributed by atoms with E-state index in [1.807, 2.05) is 36.4 Å². The molecule has 0 spiro atoms. The van der Waals surface area contributed by atoms with Gasteiger partial charge in [0.1, 0.15) is 5.78 Å². The van der Waals surface area contributed by atoms with E-state index in [9.17, 15) is 15.0 Å². The summed E-state index contributed by atoms with van der Waals surface area (Å²) in [6, 6.07) is 18.1. The first-order valence-corrected chi connectivity index (χ1v) is 6.64. The highest BCUT2D eigenvalue weighted by Crippen LogP contribution is 2.21. The second-order valence-electron chi connectivity index (χ2n) is 4.80. The number of aliphatic hydroxyl groups is 2. The maximum atomic E-state index is 11.9. The van der Waals surface area contributed by atoms with Gasteiger partial charge in [-0.3, -0.25) is 4.79 Å². The van der Waals surface area contributed by atoms with Gasteiger partial charge in [0.2, 0.25) is 0 Å². The Morgan fingerprint density at radius 3 is 1.45 bits per heavy atom. The lowest BCUT2D eigenvalue weighted by Gasteiger charge is -2.13. The Labute approximate surface area is 118 Å². The molecule has 3 nitrogen and oxygen atoms in total. The lowest BCUT2D eigenvalue weighted by Crippen LogP contribution is -2.11. The molecule has 0 saturated carbocycles. The van der Waals surface area contributed by atoms with Crippen LogP contribution in [-0.2, 0) is 4.79 Å². The number of Topliss-reactive ketones (excluding diaryl/α,β-unsaturated/α-hetero) is 1. The zero-order valence-corrected chi connectivity index (χ0v) is 11.1. The van der Waals surface area contributed by atoms with Crippen molar-refractivity contribution in [2.24, 2.45) is 0 Å². The molecule has 0 saturated heterocycles. The molecular formula is C17H18O3. The molecule has 0 unspecified atom stereocenters. The predicted molar refractivity (Wildman–Crippen MR) is 77.0 cm³/mol. The average molecular weight is 270 g/mol. The fourth-order valence-electron chi connectivity index (χ4n) is 2.10. The third-order valence-electron chi connectivity index (χ3n) is 3.21. The summed E-state index contributed by atoms with van der Waals surface area (Å²) in [5.41, 5.74) is 1.44. The topological polar surface area (TPSA) is 57.5 Å². The Hall–Kier alpha value is -1.97. The lowest BCUT2D eigenvalue weighted by molar-refractivity contribution is -0.123. The van der Waals surface area contributed by atoms with E-state index in [0.29, 0.717) is 0 Å². The van der Waals surface area contributed by atoms with Gasteiger partial charge in [-0.15, -0.1) is 0 Å². The molecule has 2 rings (SSSR count). The van der Waals surface area contributed by atoms with Crippen LogP contribution < -0.4 is 0 Å². The van der Waals surface area contributed by atoms with Crippen LogP contribution >= 0.6 is 0 Å². The first-order chi connectivity index (χ1) is 9.66. The highest BCUT2D eigenvalue weighted by Gasteiger charge is 2.17. The molecule has 0 aliphatic rings. The van der Waals surface area contributed by atoms with Gasteiger partial charge in [0, 0.05) is 12.8 Å². The van der Waals surface area contributed by atoms with Crippen LogP contribution in [0, 0.1) is 0 Å². The number of aliphatic hydroxyl groups excluding tert-OH is 2. The smallest absolute Gasteiger partial charge is 0.138 e. The highest BCUT2D eigenvalue weighted by molar-refractivity contribution is 5.79. The van der Waals surface area contributed by atoms with Gasteiger partial charge in [-0.2, -0.15) is 0 Å². The average Bonchev–Trinajstić information content (AvgIpc) is 2.49. The van der Waals surface area contributed by atoms with Crippen molar-refractivity contribution in [1.29, 1.82) is 0 Å². The molecule has 0 heterocycles. The van der Waals surface area contributed by atoms with Gasteiger partial charge in [0.25, 0.3) is 0 Å². The summed E-state index contributed by atoms with van der Waals surface area (Å²) in [5.74, 6) is -0.155. The Kier molecular flexibility index (Phi) is 5.04. The molecule has 0 radical (unpaired) electrons. The molecule has 2 aromatic rings. The van der Waals surface area contributed by atoms with Crippen LogP contribution in [0.4, 0.5) is 0 Å². The quantitative estimate of drug-likeness (QED) is 0.848. The number of rotatable bonds is 6. The molecule has 3 heteroatoms. The molecule has 104 valence electrons. The number of benzene rings is 2. The zero-order valence-electron chi connectivity index (χ0n) is 11.1. The van der Waals surface area contributed by atoms with Crippen molar-refractivity contribution in [2.75, 3.05) is 0 Å². The molecule has 0 fully saturated rings. The molecule has 0 aliphatic carbocycles. The van der Waals surface area contributed by atoms with E-state index in [-0.39, 0.29) is 18.6 Å². The van der Waals surface area contributed by atoms with E-state index in [0.717, 1.165) is 11.1 Å². The number of hydrogen-bond donors (Lipinski definition) is 2. The first-order valence-electron chi connectivity index (χ1n) is 6.64. The third-order valence-corrected chi connectivity index (χ3v) is 3.21. The summed E-state index contributed by atoms with van der Waals surface area (Å²) >= 11 is 0. The summed E-state index contributed by atoms with van der Waals surface area (Å²) in [6.07, 6.45) is -1.58. The van der Waals surface area contributed by atoms with Crippen LogP contribution in [0.15, 0.2) is 60.7 Å². The molecule has 2 atom stereocenters. The van der Waals surface area contributed by atoms with Crippen molar-refractivity contribution in [3.05, 3.63) is 71.8 Å². The van der Waals surface area contributed by atoms with Crippen LogP contribution in [-0.4, -0.2) is 16.0 Å². The number of carbonyl (C=O) groups is 1. The van der Waals surface area contributed by atoms with Crippen LogP contribution in [0.5, 0.6) is 0 Å². The zero-order chi connectivity index (χ0) is 14.4. The van der Waals surface area contributed by atoms with Crippen molar-refractivity contribution in [1.82, 2.24) is 0 Å². The van der Waals surface area contributed by atoms with E-state index in [1.54, 1.807) is 24.3 Å². The highest BCUT2D eigenvalue weighted by atomic mass is 16.3. The number of carbonyl (C=O) groups excluding carboxylic acids is 1. The molecule has 0 aliphatic heterocycles. The first kappa shape index (κ1) is 14.4. The molecule has 2 N–H and O–H groups in total. The molecule has 2 aromatic carbocycles. The minimum absolute atomic E-state index is 0.0217. The Bertz CT molecular complexity index is 487. The second-order valence-corrected chi connectivity index (χ2v) is 4.80. The van der Waals surface area contributed by atoms with E-state index in [1.165, 1.54) is 0 Å². The van der Waals surface area contributed by atoms with Gasteiger partial charge in [0.15, 0.2) is 0 Å². The van der Waals surface area contributed by atoms with Crippen molar-refractivity contribution in [3.8, 4) is 0 Å². The van der Waals surface area contributed by atoms with Gasteiger partial charge in [0.05, 0.1) is 12.2 Å². The summed E-state index contributed by atoms with van der Waals surface area (Å²) < 4.78 is 0. The molecule has 20 heavy (non-hydrogen) atoms. The van der Waals surface area contributed by atoms with E-state index < -0.39 is 12.2 Å². The van der Waals surface area contributed by atoms with Gasteiger partial charge < -0.3 is 10.2 Å². The fraction of sp³-hybridized carbons (Fsp3) is 0.235. The Morgan fingerprint density at radius 2 is 1.10 bits per heavy atom. The van der Waals surface area contributed by atoms with E-state index >= 15 is 0 Å². The minimum atomic E-state index is -0.813. The molecule has 0 bridgehead atoms. The van der Waals surface area contributed by atoms with Gasteiger partial charge in [-0.25, -0.2) is 0 Å². The number of ketones is 1. The number of hydrogen-bond acceptors (Lipinski definition) is 3. The minimum Gasteiger partial charge on any atom is -0.388 e. The predicted octanol–water partition coefficient (Wildman–Crippen LogP) is 2.80.